The maximum atomic E-state index is 11.9. The van der Waals surface area contributed by atoms with E-state index in [4.69, 9.17) is 16.3 Å². The van der Waals surface area contributed by atoms with Crippen LogP contribution in [0.15, 0.2) is 46.9 Å². The second kappa shape index (κ2) is 10.1. The molecule has 0 aromatic heterocycles. The molecular weight excluding hydrogens is 436 g/mol. The number of benzene rings is 2. The number of amides is 2. The van der Waals surface area contributed by atoms with Gasteiger partial charge in [-0.2, -0.15) is 0 Å². The number of carbonyl (C=O) groups excluding carboxylic acids is 3. The SMILES string of the molecule is Cc1c(Cl)cccc1NC(=O)COC(=O)CCC(=O)Nc1ccc(Br)cc1. The van der Waals surface area contributed by atoms with Crippen molar-refractivity contribution in [1.29, 1.82) is 0 Å². The molecule has 142 valence electrons. The minimum absolute atomic E-state index is 0.0378. The van der Waals surface area contributed by atoms with Gasteiger partial charge >= 0.3 is 5.97 Å². The Bertz CT molecular complexity index is 840. The number of halogens is 2. The standard InChI is InChI=1S/C19H18BrClN2O4/c1-12-15(21)3-2-4-16(12)23-18(25)11-27-19(26)10-9-17(24)22-14-7-5-13(20)6-8-14/h2-8H,9-11H2,1H3,(H,22,24)(H,23,25). The van der Waals surface area contributed by atoms with E-state index in [0.717, 1.165) is 10.0 Å². The van der Waals surface area contributed by atoms with Crippen molar-refractivity contribution >= 4 is 56.7 Å². The number of hydrogen-bond acceptors (Lipinski definition) is 4. The molecule has 0 fully saturated rings. The normalized spacial score (nSPS) is 10.2. The van der Waals surface area contributed by atoms with Crippen molar-refractivity contribution in [2.24, 2.45) is 0 Å². The Kier molecular flexibility index (Phi) is 7.82. The highest BCUT2D eigenvalue weighted by molar-refractivity contribution is 9.10. The van der Waals surface area contributed by atoms with Crippen molar-refractivity contribution in [2.45, 2.75) is 19.8 Å². The van der Waals surface area contributed by atoms with E-state index < -0.39 is 18.5 Å². The quantitative estimate of drug-likeness (QED) is 0.612. The zero-order valence-corrected chi connectivity index (χ0v) is 16.9. The lowest BCUT2D eigenvalue weighted by Gasteiger charge is -2.10. The van der Waals surface area contributed by atoms with Gasteiger partial charge in [-0.25, -0.2) is 0 Å². The van der Waals surface area contributed by atoms with E-state index in [1.165, 1.54) is 0 Å². The van der Waals surface area contributed by atoms with Crippen molar-refractivity contribution in [3.8, 4) is 0 Å². The average Bonchev–Trinajstić information content (AvgIpc) is 2.64. The number of ether oxygens (including phenoxy) is 1. The van der Waals surface area contributed by atoms with E-state index in [0.29, 0.717) is 16.4 Å². The molecule has 8 heteroatoms. The smallest absolute Gasteiger partial charge is 0.306 e. The summed E-state index contributed by atoms with van der Waals surface area (Å²) in [5, 5.41) is 5.83. The number of nitrogens with one attached hydrogen (secondary N) is 2. The zero-order valence-electron chi connectivity index (χ0n) is 14.6. The number of esters is 1. The van der Waals surface area contributed by atoms with Crippen molar-refractivity contribution in [2.75, 3.05) is 17.2 Å². The van der Waals surface area contributed by atoms with Gasteiger partial charge in [0.15, 0.2) is 6.61 Å². The van der Waals surface area contributed by atoms with Gasteiger partial charge in [0.1, 0.15) is 0 Å². The molecule has 0 aliphatic carbocycles. The fourth-order valence-corrected chi connectivity index (χ4v) is 2.56. The first-order valence-electron chi connectivity index (χ1n) is 8.11. The summed E-state index contributed by atoms with van der Waals surface area (Å²) < 4.78 is 5.79. The molecule has 2 N–H and O–H groups in total. The highest BCUT2D eigenvalue weighted by atomic mass is 79.9. The molecule has 0 heterocycles. The Labute approximate surface area is 170 Å². The summed E-state index contributed by atoms with van der Waals surface area (Å²) in [5.74, 6) is -1.42. The van der Waals surface area contributed by atoms with Crippen LogP contribution in [0.1, 0.15) is 18.4 Å². The van der Waals surface area contributed by atoms with Gasteiger partial charge in [-0.1, -0.05) is 33.6 Å². The van der Waals surface area contributed by atoms with E-state index in [9.17, 15) is 14.4 Å². The van der Waals surface area contributed by atoms with Crippen LogP contribution in [0.5, 0.6) is 0 Å². The molecule has 0 atom stereocenters. The van der Waals surface area contributed by atoms with Gasteiger partial charge in [0.05, 0.1) is 6.42 Å². The largest absolute Gasteiger partial charge is 0.456 e. The first-order chi connectivity index (χ1) is 12.8. The van der Waals surface area contributed by atoms with Crippen LogP contribution in [0.4, 0.5) is 11.4 Å². The molecule has 6 nitrogen and oxygen atoms in total. The number of carbonyl (C=O) groups is 3. The van der Waals surface area contributed by atoms with Crippen molar-refractivity contribution in [1.82, 2.24) is 0 Å². The van der Waals surface area contributed by atoms with Crippen LogP contribution < -0.4 is 10.6 Å². The van der Waals surface area contributed by atoms with Gasteiger partial charge < -0.3 is 15.4 Å². The van der Waals surface area contributed by atoms with Crippen LogP contribution in [-0.2, 0) is 19.1 Å². The van der Waals surface area contributed by atoms with E-state index in [-0.39, 0.29) is 18.7 Å². The molecule has 27 heavy (non-hydrogen) atoms. The van der Waals surface area contributed by atoms with Gasteiger partial charge in [0, 0.05) is 27.3 Å². The summed E-state index contributed by atoms with van der Waals surface area (Å²) in [6.07, 6.45) is -0.157. The fourth-order valence-electron chi connectivity index (χ4n) is 2.12. The molecule has 2 aromatic carbocycles. The predicted molar refractivity (Wildman–Crippen MR) is 108 cm³/mol. The third-order valence-electron chi connectivity index (χ3n) is 3.59. The topological polar surface area (TPSA) is 84.5 Å². The maximum absolute atomic E-state index is 11.9. The number of rotatable bonds is 7. The molecule has 0 saturated heterocycles. The highest BCUT2D eigenvalue weighted by Crippen LogP contribution is 2.22. The van der Waals surface area contributed by atoms with Gasteiger partial charge in [-0.3, -0.25) is 14.4 Å². The van der Waals surface area contributed by atoms with E-state index in [1.807, 2.05) is 0 Å². The summed E-state index contributed by atoms with van der Waals surface area (Å²) in [5.41, 5.74) is 1.91. The molecule has 2 aromatic rings. The fraction of sp³-hybridized carbons (Fsp3) is 0.211. The Morgan fingerprint density at radius 3 is 2.41 bits per heavy atom. The maximum Gasteiger partial charge on any atom is 0.306 e. The van der Waals surface area contributed by atoms with Crippen molar-refractivity contribution in [3.63, 3.8) is 0 Å². The van der Waals surface area contributed by atoms with E-state index in [1.54, 1.807) is 49.4 Å². The zero-order chi connectivity index (χ0) is 19.8. The predicted octanol–water partition coefficient (Wildman–Crippen LogP) is 4.31. The summed E-state index contributed by atoms with van der Waals surface area (Å²) in [7, 11) is 0. The monoisotopic (exact) mass is 452 g/mol. The first kappa shape index (κ1) is 20.9. The van der Waals surface area contributed by atoms with Crippen LogP contribution in [0.25, 0.3) is 0 Å². The van der Waals surface area contributed by atoms with Gasteiger partial charge in [-0.15, -0.1) is 0 Å². The summed E-state index contributed by atoms with van der Waals surface area (Å²) in [4.78, 5) is 35.4. The van der Waals surface area contributed by atoms with Crippen molar-refractivity contribution in [3.05, 3.63) is 57.5 Å². The number of hydrogen-bond donors (Lipinski definition) is 2. The molecule has 0 saturated carbocycles. The van der Waals surface area contributed by atoms with Gasteiger partial charge in [0.25, 0.3) is 5.91 Å². The lowest BCUT2D eigenvalue weighted by molar-refractivity contribution is -0.147. The average molecular weight is 454 g/mol. The first-order valence-corrected chi connectivity index (χ1v) is 9.28. The third-order valence-corrected chi connectivity index (χ3v) is 4.53. The van der Waals surface area contributed by atoms with Crippen LogP contribution in [0.2, 0.25) is 5.02 Å². The molecule has 0 spiro atoms. The molecule has 0 radical (unpaired) electrons. The van der Waals surface area contributed by atoms with Crippen molar-refractivity contribution < 1.29 is 19.1 Å². The molecule has 0 aliphatic heterocycles. The summed E-state index contributed by atoms with van der Waals surface area (Å²) in [6, 6.07) is 12.2. The Morgan fingerprint density at radius 1 is 1.00 bits per heavy atom. The van der Waals surface area contributed by atoms with Crippen LogP contribution >= 0.6 is 27.5 Å². The minimum atomic E-state index is -0.626. The lowest BCUT2D eigenvalue weighted by Crippen LogP contribution is -2.22. The molecule has 0 bridgehead atoms. The van der Waals surface area contributed by atoms with Gasteiger partial charge in [0.2, 0.25) is 5.91 Å². The lowest BCUT2D eigenvalue weighted by atomic mass is 10.2. The Hall–Kier alpha value is -2.38. The summed E-state index contributed by atoms with van der Waals surface area (Å²) >= 11 is 9.29. The Morgan fingerprint density at radius 2 is 1.70 bits per heavy atom. The van der Waals surface area contributed by atoms with Crippen LogP contribution in [0, 0.1) is 6.92 Å². The van der Waals surface area contributed by atoms with Crippen LogP contribution in [-0.4, -0.2) is 24.4 Å². The highest BCUT2D eigenvalue weighted by Gasteiger charge is 2.12. The molecule has 2 amide bonds. The second-order valence-corrected chi connectivity index (χ2v) is 7.00. The molecule has 2 rings (SSSR count). The molecule has 0 aliphatic rings. The Balaban J connectivity index is 1.70. The molecular formula is C19H18BrClN2O4. The van der Waals surface area contributed by atoms with E-state index in [2.05, 4.69) is 26.6 Å². The molecule has 0 unspecified atom stereocenters. The van der Waals surface area contributed by atoms with E-state index >= 15 is 0 Å². The summed E-state index contributed by atoms with van der Waals surface area (Å²) in [6.45, 7) is 1.34. The minimum Gasteiger partial charge on any atom is -0.456 e. The second-order valence-electron chi connectivity index (χ2n) is 5.68. The number of anilines is 2. The van der Waals surface area contributed by atoms with Gasteiger partial charge in [-0.05, 0) is 48.9 Å². The third kappa shape index (κ3) is 7.03. The van der Waals surface area contributed by atoms with Crippen LogP contribution in [0.3, 0.4) is 0 Å².